The lowest BCUT2D eigenvalue weighted by Crippen LogP contribution is -2.44. The fourth-order valence-electron chi connectivity index (χ4n) is 8.96. The summed E-state index contributed by atoms with van der Waals surface area (Å²) in [6.45, 7) is 4.51. The number of likely N-dealkylation sites (N-methyl/N-ethyl adjacent to an activating group) is 1. The van der Waals surface area contributed by atoms with Gasteiger partial charge in [0.25, 0.3) is 0 Å². The molecule has 2 atom stereocenters. The molecule has 0 bridgehead atoms. The first-order chi connectivity index (χ1) is 41.6. The Balaban J connectivity index is 4.19. The maximum atomic E-state index is 12.9. The Morgan fingerprint density at radius 3 is 0.941 bits per heavy atom. The number of esters is 2. The normalized spacial score (nSPS) is 13.7. The number of carboxylic acids is 1. The molecule has 0 aromatic heterocycles. The highest BCUT2D eigenvalue weighted by Crippen LogP contribution is 2.16. The summed E-state index contributed by atoms with van der Waals surface area (Å²) < 4.78 is 22.8. The average Bonchev–Trinajstić information content (AvgIpc) is 3.49. The number of carbonyl (C=O) groups is 3. The second-order valence-corrected chi connectivity index (χ2v) is 23.3. The van der Waals surface area contributed by atoms with Gasteiger partial charge in [0, 0.05) is 12.8 Å². The van der Waals surface area contributed by atoms with Crippen molar-refractivity contribution in [1.82, 2.24) is 0 Å². The Bertz CT molecular complexity index is 1900. The number of carbonyl (C=O) groups excluding carboxylic acids is 3. The van der Waals surface area contributed by atoms with Crippen molar-refractivity contribution in [2.75, 3.05) is 47.5 Å². The molecule has 482 valence electrons. The minimum Gasteiger partial charge on any atom is -0.545 e. The largest absolute Gasteiger partial charge is 0.545 e. The number of carboxylic acid groups (broad SMARTS) is 1. The number of quaternary nitrogens is 1. The Labute approximate surface area is 522 Å². The molecule has 0 fully saturated rings. The van der Waals surface area contributed by atoms with Crippen LogP contribution >= 0.6 is 0 Å². The predicted molar refractivity (Wildman–Crippen MR) is 361 cm³/mol. The number of nitrogens with zero attached hydrogens (tertiary/aromatic N) is 1. The van der Waals surface area contributed by atoms with Gasteiger partial charge in [-0.25, -0.2) is 0 Å². The lowest BCUT2D eigenvalue weighted by Gasteiger charge is -2.26. The second kappa shape index (κ2) is 65.2. The number of rotatable bonds is 61. The maximum absolute atomic E-state index is 12.9. The number of hydrogen-bond donors (Lipinski definition) is 0. The molecule has 0 radical (unpaired) electrons. The summed E-state index contributed by atoms with van der Waals surface area (Å²) in [5.74, 6) is -2.30. The maximum Gasteiger partial charge on any atom is 0.306 e. The Kier molecular flexibility index (Phi) is 61.4. The van der Waals surface area contributed by atoms with Gasteiger partial charge in [0.2, 0.25) is 0 Å². The molecule has 0 aromatic rings. The lowest BCUT2D eigenvalue weighted by atomic mass is 10.0. The fourth-order valence-corrected chi connectivity index (χ4v) is 8.96. The van der Waals surface area contributed by atoms with E-state index >= 15 is 0 Å². The average molecular weight is 1180 g/mol. The molecular weight excluding hydrogens is 1050 g/mol. The van der Waals surface area contributed by atoms with Crippen LogP contribution in [0.15, 0.2) is 146 Å². The Hall–Kier alpha value is -4.83. The monoisotopic (exact) mass is 1180 g/mol. The molecule has 9 nitrogen and oxygen atoms in total. The summed E-state index contributed by atoms with van der Waals surface area (Å²) in [5, 5.41) is 11.8. The number of allylic oxidation sites excluding steroid dienone is 24. The molecule has 85 heavy (non-hydrogen) atoms. The predicted octanol–water partition coefficient (Wildman–Crippen LogP) is 19.8. The van der Waals surface area contributed by atoms with Crippen LogP contribution in [0.1, 0.15) is 258 Å². The second-order valence-electron chi connectivity index (χ2n) is 23.3. The van der Waals surface area contributed by atoms with E-state index in [0.29, 0.717) is 17.4 Å². The van der Waals surface area contributed by atoms with Crippen molar-refractivity contribution in [1.29, 1.82) is 0 Å². The molecule has 0 heterocycles. The van der Waals surface area contributed by atoms with Crippen LogP contribution < -0.4 is 5.11 Å². The first-order valence-electron chi connectivity index (χ1n) is 34.0. The summed E-state index contributed by atoms with van der Waals surface area (Å²) >= 11 is 0. The zero-order chi connectivity index (χ0) is 61.9. The topological polar surface area (TPSA) is 111 Å². The summed E-state index contributed by atoms with van der Waals surface area (Å²) in [5.41, 5.74) is 0. The summed E-state index contributed by atoms with van der Waals surface area (Å²) in [7, 11) is 5.92. The van der Waals surface area contributed by atoms with Crippen molar-refractivity contribution in [3.63, 3.8) is 0 Å². The van der Waals surface area contributed by atoms with Gasteiger partial charge in [-0.2, -0.15) is 0 Å². The third-order valence-electron chi connectivity index (χ3n) is 14.1. The zero-order valence-electron chi connectivity index (χ0n) is 54.9. The lowest BCUT2D eigenvalue weighted by molar-refractivity contribution is -0.870. The first kappa shape index (κ1) is 80.2. The first-order valence-corrected chi connectivity index (χ1v) is 34.0. The van der Waals surface area contributed by atoms with E-state index in [1.54, 1.807) is 0 Å². The van der Waals surface area contributed by atoms with Crippen LogP contribution in [0, 0.1) is 0 Å². The highest BCUT2D eigenvalue weighted by atomic mass is 16.7. The molecule has 0 aliphatic heterocycles. The third-order valence-corrected chi connectivity index (χ3v) is 14.1. The minimum absolute atomic E-state index is 0.140. The van der Waals surface area contributed by atoms with Gasteiger partial charge in [0.05, 0.1) is 40.3 Å². The number of unbranched alkanes of at least 4 members (excludes halogenated alkanes) is 22. The van der Waals surface area contributed by atoms with E-state index in [1.165, 1.54) is 96.3 Å². The summed E-state index contributed by atoms with van der Waals surface area (Å²) in [4.78, 5) is 37.5. The molecule has 0 aliphatic rings. The molecule has 0 spiro atoms. The van der Waals surface area contributed by atoms with E-state index in [-0.39, 0.29) is 38.6 Å². The van der Waals surface area contributed by atoms with Gasteiger partial charge in [-0.15, -0.1) is 0 Å². The Morgan fingerprint density at radius 1 is 0.353 bits per heavy atom. The molecule has 0 amide bonds. The molecule has 0 saturated carbocycles. The van der Waals surface area contributed by atoms with Gasteiger partial charge >= 0.3 is 11.9 Å². The molecule has 9 heteroatoms. The van der Waals surface area contributed by atoms with Crippen molar-refractivity contribution in [3.05, 3.63) is 146 Å². The fraction of sp³-hybridized carbons (Fsp3) is 0.645. The summed E-state index contributed by atoms with van der Waals surface area (Å²) in [6, 6.07) is 0. The van der Waals surface area contributed by atoms with Crippen LogP contribution in [0.2, 0.25) is 0 Å². The number of hydrogen-bond acceptors (Lipinski definition) is 8. The van der Waals surface area contributed by atoms with Gasteiger partial charge in [-0.1, -0.05) is 275 Å². The van der Waals surface area contributed by atoms with E-state index < -0.39 is 24.3 Å². The van der Waals surface area contributed by atoms with Gasteiger partial charge < -0.3 is 33.3 Å². The highest BCUT2D eigenvalue weighted by molar-refractivity contribution is 5.70. The number of aliphatic carboxylic acids is 1. The van der Waals surface area contributed by atoms with Crippen molar-refractivity contribution in [2.24, 2.45) is 0 Å². The smallest absolute Gasteiger partial charge is 0.306 e. The van der Waals surface area contributed by atoms with Crippen molar-refractivity contribution in [2.45, 2.75) is 270 Å². The zero-order valence-corrected chi connectivity index (χ0v) is 54.9. The van der Waals surface area contributed by atoms with Crippen LogP contribution in [0.5, 0.6) is 0 Å². The molecule has 2 unspecified atom stereocenters. The molecule has 0 rings (SSSR count). The molecule has 0 N–H and O–H groups in total. The van der Waals surface area contributed by atoms with E-state index in [2.05, 4.69) is 160 Å². The van der Waals surface area contributed by atoms with E-state index in [4.69, 9.17) is 18.9 Å². The van der Waals surface area contributed by atoms with Crippen LogP contribution in [0.3, 0.4) is 0 Å². The minimum atomic E-state index is -1.63. The van der Waals surface area contributed by atoms with Gasteiger partial charge in [0.1, 0.15) is 13.2 Å². The third kappa shape index (κ3) is 66.5. The highest BCUT2D eigenvalue weighted by Gasteiger charge is 2.22. The van der Waals surface area contributed by atoms with Crippen LogP contribution in [0.25, 0.3) is 0 Å². The van der Waals surface area contributed by atoms with Crippen molar-refractivity contribution in [3.8, 4) is 0 Å². The summed E-state index contributed by atoms with van der Waals surface area (Å²) in [6.07, 6.45) is 91.9. The molecular formula is C76H125NO8. The number of ether oxygens (including phenoxy) is 4. The van der Waals surface area contributed by atoms with Gasteiger partial charge in [0.15, 0.2) is 12.4 Å². The van der Waals surface area contributed by atoms with E-state index in [1.807, 2.05) is 21.1 Å². The van der Waals surface area contributed by atoms with Crippen molar-refractivity contribution < 1.29 is 42.9 Å². The van der Waals surface area contributed by atoms with E-state index in [9.17, 15) is 19.5 Å². The van der Waals surface area contributed by atoms with Crippen LogP contribution in [0.4, 0.5) is 0 Å². The SMILES string of the molecule is CC/C=C\C/C=C\C/C=C\C/C=C\C/C=C\C/C=C\CCCCCCCCCCCCCCC(=O)OC(COC(=O)CCCCCCCCCCCC/C=C\C/C=C\C/C=C\C/C=C\C/C=C\C/C=C\CC)COC(OCC[N+](C)(C)C)C(=O)[O-]. The molecule has 0 aromatic carbocycles. The van der Waals surface area contributed by atoms with Crippen LogP contribution in [-0.2, 0) is 33.3 Å². The standard InChI is InChI=1S/C76H125NO8/c1-6-8-10-12-14-16-18-20-22-24-26-28-30-32-34-36-37-39-41-43-45-47-49-51-53-55-57-59-61-63-65-67-74(79)85-72(71-84-76(75(80)81)82-69-68-77(3,4)5)70-83-73(78)66-64-62-60-58-56-54-52-50-48-46-44-42-40-38-35-33-31-29-27-25-23-21-19-17-15-13-11-9-7-2/h8-11,14-17,20-23,26-29,32-35,37,39-40,42,72,76H,6-7,12-13,18-19,24-25,30-31,36,38,41,43-71H2,1-5H3/b10-8-,11-9-,16-14-,17-15-,22-20-,23-21-,28-26-,29-27-,34-32-,35-33-,39-37-,42-40-. The van der Waals surface area contributed by atoms with Crippen LogP contribution in [-0.4, -0.2) is 82.3 Å². The Morgan fingerprint density at radius 2 is 0.635 bits per heavy atom. The quantitative estimate of drug-likeness (QED) is 0.0195. The molecule has 0 aliphatic carbocycles. The van der Waals surface area contributed by atoms with Crippen molar-refractivity contribution >= 4 is 17.9 Å². The van der Waals surface area contributed by atoms with E-state index in [0.717, 1.165) is 128 Å². The molecule has 0 saturated heterocycles. The van der Waals surface area contributed by atoms with Gasteiger partial charge in [-0.3, -0.25) is 9.59 Å². The van der Waals surface area contributed by atoms with Gasteiger partial charge in [-0.05, 0) is 116 Å².